The molecule has 2 aromatic rings. The van der Waals surface area contributed by atoms with Crippen molar-refractivity contribution < 1.29 is 14.3 Å². The number of hydrogen-bond acceptors (Lipinski definition) is 4. The van der Waals surface area contributed by atoms with Crippen LogP contribution in [-0.4, -0.2) is 25.8 Å². The summed E-state index contributed by atoms with van der Waals surface area (Å²) in [6.45, 7) is 0.0800. The molecule has 0 radical (unpaired) electrons. The first-order valence-corrected chi connectivity index (χ1v) is 7.35. The first-order chi connectivity index (χ1) is 11.7. The molecule has 0 fully saturated rings. The number of hydrogen-bond donors (Lipinski definition) is 1. The first-order valence-electron chi connectivity index (χ1n) is 6.98. The van der Waals surface area contributed by atoms with Crippen molar-refractivity contribution in [3.05, 3.63) is 58.6 Å². The molecule has 0 aliphatic carbocycles. The van der Waals surface area contributed by atoms with Crippen molar-refractivity contribution in [3.63, 3.8) is 0 Å². The van der Waals surface area contributed by atoms with E-state index >= 15 is 0 Å². The van der Waals surface area contributed by atoms with Crippen LogP contribution in [0.2, 0.25) is 5.02 Å². The number of hydrazone groups is 1. The van der Waals surface area contributed by atoms with Gasteiger partial charge in [-0.05, 0) is 29.8 Å². The van der Waals surface area contributed by atoms with Gasteiger partial charge in [0.15, 0.2) is 11.5 Å². The van der Waals surface area contributed by atoms with E-state index < -0.39 is 0 Å². The smallest absolute Gasteiger partial charge is 0.271 e. The highest BCUT2D eigenvalue weighted by Gasteiger charge is 2.11. The lowest BCUT2D eigenvalue weighted by Crippen LogP contribution is -2.17. The van der Waals surface area contributed by atoms with Gasteiger partial charge in [0.05, 0.1) is 18.3 Å². The van der Waals surface area contributed by atoms with Gasteiger partial charge >= 0.3 is 0 Å². The molecule has 6 heteroatoms. The molecule has 2 aromatic carbocycles. The molecule has 1 N–H and O–H groups in total. The highest BCUT2D eigenvalue weighted by molar-refractivity contribution is 6.32. The van der Waals surface area contributed by atoms with E-state index in [1.54, 1.807) is 36.4 Å². The van der Waals surface area contributed by atoms with Gasteiger partial charge in [0, 0.05) is 5.56 Å². The summed E-state index contributed by atoms with van der Waals surface area (Å²) >= 11 is 6.16. The quantitative estimate of drug-likeness (QED) is 0.498. The Balaban J connectivity index is 2.11. The molecule has 24 heavy (non-hydrogen) atoms. The Morgan fingerprint density at radius 3 is 2.79 bits per heavy atom. The van der Waals surface area contributed by atoms with E-state index in [-0.39, 0.29) is 12.5 Å². The minimum atomic E-state index is -0.307. The number of benzene rings is 2. The van der Waals surface area contributed by atoms with Gasteiger partial charge in [0.1, 0.15) is 6.61 Å². The molecule has 5 nitrogen and oxygen atoms in total. The molecule has 0 saturated heterocycles. The molecule has 0 atom stereocenters. The molecule has 0 heterocycles. The number of nitrogens with one attached hydrogen (secondary N) is 1. The number of rotatable bonds is 6. The van der Waals surface area contributed by atoms with Crippen LogP contribution in [0, 0.1) is 12.3 Å². The van der Waals surface area contributed by atoms with Gasteiger partial charge in [-0.2, -0.15) is 5.10 Å². The van der Waals surface area contributed by atoms with E-state index in [9.17, 15) is 4.79 Å². The Kier molecular flexibility index (Phi) is 6.23. The molecule has 1 amide bonds. The minimum absolute atomic E-state index is 0.0800. The Bertz CT molecular complexity index is 783. The van der Waals surface area contributed by atoms with Crippen molar-refractivity contribution in [2.75, 3.05) is 13.7 Å². The van der Waals surface area contributed by atoms with Crippen LogP contribution >= 0.6 is 11.6 Å². The summed E-state index contributed by atoms with van der Waals surface area (Å²) in [5.74, 6) is 2.84. The molecule has 2 rings (SSSR count). The van der Waals surface area contributed by atoms with Gasteiger partial charge in [0.2, 0.25) is 0 Å². The van der Waals surface area contributed by atoms with E-state index in [2.05, 4.69) is 16.4 Å². The van der Waals surface area contributed by atoms with Crippen molar-refractivity contribution in [2.45, 2.75) is 0 Å². The molecule has 122 valence electrons. The number of methoxy groups -OCH3 is 1. The van der Waals surface area contributed by atoms with Gasteiger partial charge in [0.25, 0.3) is 5.91 Å². The summed E-state index contributed by atoms with van der Waals surface area (Å²) in [5.41, 5.74) is 3.60. The van der Waals surface area contributed by atoms with Crippen molar-refractivity contribution in [1.82, 2.24) is 5.43 Å². The molecule has 0 bridgehead atoms. The number of nitrogens with zero attached hydrogens (tertiary/aromatic N) is 1. The third-order valence-electron chi connectivity index (χ3n) is 2.97. The average Bonchev–Trinajstić information content (AvgIpc) is 2.61. The lowest BCUT2D eigenvalue weighted by Gasteiger charge is -2.11. The zero-order chi connectivity index (χ0) is 17.4. The minimum Gasteiger partial charge on any atom is -0.493 e. The number of carbonyl (C=O) groups excluding carboxylic acids is 1. The second-order valence-corrected chi connectivity index (χ2v) is 5.00. The Labute approximate surface area is 145 Å². The van der Waals surface area contributed by atoms with Crippen LogP contribution in [0.1, 0.15) is 15.9 Å². The number of carbonyl (C=O) groups is 1. The van der Waals surface area contributed by atoms with Crippen LogP contribution in [0.3, 0.4) is 0 Å². The van der Waals surface area contributed by atoms with Crippen molar-refractivity contribution in [1.29, 1.82) is 0 Å². The lowest BCUT2D eigenvalue weighted by atomic mass is 10.2. The monoisotopic (exact) mass is 342 g/mol. The van der Waals surface area contributed by atoms with Crippen LogP contribution in [0.4, 0.5) is 0 Å². The SMILES string of the molecule is C#CCOc1c(Cl)cc(C=NNC(=O)c2ccccc2)cc1OC. The molecule has 0 aromatic heterocycles. The maximum atomic E-state index is 11.9. The molecule has 0 spiro atoms. The Hall–Kier alpha value is -2.97. The van der Waals surface area contributed by atoms with Gasteiger partial charge in [-0.3, -0.25) is 4.79 Å². The third-order valence-corrected chi connectivity index (χ3v) is 3.25. The lowest BCUT2D eigenvalue weighted by molar-refractivity contribution is 0.0955. The average molecular weight is 343 g/mol. The highest BCUT2D eigenvalue weighted by atomic mass is 35.5. The van der Waals surface area contributed by atoms with Crippen LogP contribution in [-0.2, 0) is 0 Å². The summed E-state index contributed by atoms with van der Waals surface area (Å²) < 4.78 is 10.6. The maximum Gasteiger partial charge on any atom is 0.271 e. The summed E-state index contributed by atoms with van der Waals surface area (Å²) in [4.78, 5) is 11.9. The predicted molar refractivity (Wildman–Crippen MR) is 93.8 cm³/mol. The van der Waals surface area contributed by atoms with E-state index in [4.69, 9.17) is 27.5 Å². The second kappa shape index (κ2) is 8.61. The van der Waals surface area contributed by atoms with E-state index in [1.165, 1.54) is 13.3 Å². The van der Waals surface area contributed by atoms with Crippen molar-refractivity contribution >= 4 is 23.7 Å². The first kappa shape index (κ1) is 17.4. The molecule has 0 aliphatic heterocycles. The fraction of sp³-hybridized carbons (Fsp3) is 0.111. The number of halogens is 1. The van der Waals surface area contributed by atoms with Gasteiger partial charge in [-0.25, -0.2) is 5.43 Å². The number of amides is 1. The maximum absolute atomic E-state index is 11.9. The van der Waals surface area contributed by atoms with Crippen molar-refractivity contribution in [2.24, 2.45) is 5.10 Å². The highest BCUT2D eigenvalue weighted by Crippen LogP contribution is 2.35. The van der Waals surface area contributed by atoms with Gasteiger partial charge in [-0.15, -0.1) is 6.42 Å². The van der Waals surface area contributed by atoms with Crippen LogP contribution in [0.15, 0.2) is 47.6 Å². The largest absolute Gasteiger partial charge is 0.493 e. The fourth-order valence-corrected chi connectivity index (χ4v) is 2.16. The molecule has 0 aliphatic rings. The summed E-state index contributed by atoms with van der Waals surface area (Å²) in [6.07, 6.45) is 6.63. The van der Waals surface area contributed by atoms with E-state index in [0.29, 0.717) is 27.6 Å². The summed E-state index contributed by atoms with van der Waals surface area (Å²) in [5, 5.41) is 4.25. The number of terminal acetylenes is 1. The number of ether oxygens (including phenoxy) is 2. The standard InChI is InChI=1S/C18H15ClN2O3/c1-3-9-24-17-15(19)10-13(11-16(17)23-2)12-20-21-18(22)14-7-5-4-6-8-14/h1,4-8,10-12H,9H2,2H3,(H,21,22). The molecular formula is C18H15ClN2O3. The predicted octanol–water partition coefficient (Wildman–Crippen LogP) is 3.12. The zero-order valence-electron chi connectivity index (χ0n) is 13.0. The van der Waals surface area contributed by atoms with Crippen LogP contribution in [0.25, 0.3) is 0 Å². The normalized spacial score (nSPS) is 10.2. The van der Waals surface area contributed by atoms with Crippen molar-refractivity contribution in [3.8, 4) is 23.8 Å². The zero-order valence-corrected chi connectivity index (χ0v) is 13.7. The van der Waals surface area contributed by atoms with E-state index in [0.717, 1.165) is 0 Å². The molecular weight excluding hydrogens is 328 g/mol. The Morgan fingerprint density at radius 2 is 2.12 bits per heavy atom. The van der Waals surface area contributed by atoms with Crippen LogP contribution in [0.5, 0.6) is 11.5 Å². The summed E-state index contributed by atoms with van der Waals surface area (Å²) in [7, 11) is 1.49. The van der Waals surface area contributed by atoms with Gasteiger partial charge < -0.3 is 9.47 Å². The fourth-order valence-electron chi connectivity index (χ4n) is 1.89. The van der Waals surface area contributed by atoms with E-state index in [1.807, 2.05) is 6.07 Å². The van der Waals surface area contributed by atoms with Crippen LogP contribution < -0.4 is 14.9 Å². The molecule has 0 saturated carbocycles. The second-order valence-electron chi connectivity index (χ2n) is 4.59. The van der Waals surface area contributed by atoms with Gasteiger partial charge in [-0.1, -0.05) is 35.7 Å². The summed E-state index contributed by atoms with van der Waals surface area (Å²) in [6, 6.07) is 12.1. The third kappa shape index (κ3) is 4.51. The Morgan fingerprint density at radius 1 is 1.38 bits per heavy atom. The molecule has 0 unspecified atom stereocenters. The topological polar surface area (TPSA) is 59.9 Å².